The second kappa shape index (κ2) is 7.16. The Labute approximate surface area is 166 Å². The van der Waals surface area contributed by atoms with Crippen LogP contribution >= 0.6 is 0 Å². The molecular formula is C23H11F7. The van der Waals surface area contributed by atoms with Crippen LogP contribution in [-0.4, -0.2) is 0 Å². The Kier molecular flexibility index (Phi) is 4.76. The highest BCUT2D eigenvalue weighted by Gasteiger charge is 2.20. The highest BCUT2D eigenvalue weighted by Crippen LogP contribution is 2.34. The molecule has 0 aliphatic heterocycles. The minimum absolute atomic E-state index is 0.0772. The number of halogens is 7. The fraction of sp³-hybridized carbons (Fsp3) is 0.0435. The van der Waals surface area contributed by atoms with Gasteiger partial charge in [0.05, 0.1) is 10.9 Å². The van der Waals surface area contributed by atoms with Gasteiger partial charge in [-0.05, 0) is 65.4 Å². The molecule has 152 valence electrons. The van der Waals surface area contributed by atoms with E-state index in [-0.39, 0.29) is 22.1 Å². The Morgan fingerprint density at radius 1 is 0.533 bits per heavy atom. The van der Waals surface area contributed by atoms with Gasteiger partial charge in [0.1, 0.15) is 23.3 Å². The van der Waals surface area contributed by atoms with Gasteiger partial charge in [-0.25, -0.2) is 30.7 Å². The summed E-state index contributed by atoms with van der Waals surface area (Å²) in [4.78, 5) is 0. The Morgan fingerprint density at radius 3 is 1.80 bits per heavy atom. The summed E-state index contributed by atoms with van der Waals surface area (Å²) in [5.41, 5.74) is -0.396. The summed E-state index contributed by atoms with van der Waals surface area (Å²) >= 11 is 0. The van der Waals surface area contributed by atoms with Crippen LogP contribution in [0, 0.1) is 47.6 Å². The number of hydrogen-bond donors (Lipinski definition) is 0. The van der Waals surface area contributed by atoms with Crippen LogP contribution in [0.3, 0.4) is 0 Å². The van der Waals surface area contributed by atoms with E-state index in [1.807, 2.05) is 0 Å². The Balaban J connectivity index is 1.87. The van der Waals surface area contributed by atoms with Crippen molar-refractivity contribution in [2.24, 2.45) is 0 Å². The molecule has 0 N–H and O–H groups in total. The van der Waals surface area contributed by atoms with Gasteiger partial charge in [0.15, 0.2) is 17.5 Å². The van der Waals surface area contributed by atoms with Crippen LogP contribution in [-0.2, 0) is 0 Å². The maximum Gasteiger partial charge on any atom is 0.195 e. The molecular weight excluding hydrogens is 409 g/mol. The monoisotopic (exact) mass is 420 g/mol. The van der Waals surface area contributed by atoms with E-state index in [4.69, 9.17) is 0 Å². The fourth-order valence-electron chi connectivity index (χ4n) is 3.42. The van der Waals surface area contributed by atoms with Crippen LogP contribution in [0.15, 0.2) is 48.5 Å². The molecule has 30 heavy (non-hydrogen) atoms. The van der Waals surface area contributed by atoms with E-state index in [2.05, 4.69) is 0 Å². The van der Waals surface area contributed by atoms with Crippen molar-refractivity contribution in [3.63, 3.8) is 0 Å². The molecule has 4 rings (SSSR count). The lowest BCUT2D eigenvalue weighted by molar-refractivity contribution is 0.451. The molecule has 7 heteroatoms. The van der Waals surface area contributed by atoms with Gasteiger partial charge in [-0.15, -0.1) is 0 Å². The topological polar surface area (TPSA) is 0 Å². The molecule has 0 spiro atoms. The summed E-state index contributed by atoms with van der Waals surface area (Å²) in [6, 6.07) is 7.95. The van der Waals surface area contributed by atoms with E-state index in [1.54, 1.807) is 0 Å². The predicted molar refractivity (Wildman–Crippen MR) is 99.3 cm³/mol. The molecule has 0 nitrogen and oxygen atoms in total. The summed E-state index contributed by atoms with van der Waals surface area (Å²) in [7, 11) is 0. The lowest BCUT2D eigenvalue weighted by Crippen LogP contribution is -1.97. The largest absolute Gasteiger partial charge is 0.206 e. The average molecular weight is 420 g/mol. The molecule has 0 aromatic heterocycles. The minimum atomic E-state index is -1.81. The maximum absolute atomic E-state index is 14.7. The van der Waals surface area contributed by atoms with Gasteiger partial charge >= 0.3 is 0 Å². The zero-order valence-corrected chi connectivity index (χ0v) is 15.3. The van der Waals surface area contributed by atoms with Crippen LogP contribution in [0.1, 0.15) is 5.56 Å². The molecule has 0 amide bonds. The average Bonchev–Trinajstić information content (AvgIpc) is 2.65. The van der Waals surface area contributed by atoms with Crippen LogP contribution in [0.25, 0.3) is 33.0 Å². The molecule has 0 unspecified atom stereocenters. The Hall–Kier alpha value is -3.35. The third kappa shape index (κ3) is 3.20. The third-order valence-corrected chi connectivity index (χ3v) is 4.78. The maximum atomic E-state index is 14.7. The van der Waals surface area contributed by atoms with Gasteiger partial charge in [-0.2, -0.15) is 0 Å². The first-order chi connectivity index (χ1) is 14.2. The molecule has 0 bridgehead atoms. The first-order valence-corrected chi connectivity index (χ1v) is 8.70. The number of rotatable bonds is 2. The second-order valence-corrected chi connectivity index (χ2v) is 6.84. The first-order valence-electron chi connectivity index (χ1n) is 8.70. The molecule has 0 aliphatic carbocycles. The molecule has 0 atom stereocenters. The quantitative estimate of drug-likeness (QED) is 0.233. The SMILES string of the molecule is Cc1cc(F)c(-c2ccc(-c3cc(F)c4c(F)c(F)c(F)cc4c3)c(F)c2)c(F)c1. The summed E-state index contributed by atoms with van der Waals surface area (Å²) in [5, 5.41) is -1.07. The van der Waals surface area contributed by atoms with Gasteiger partial charge in [-0.1, -0.05) is 12.1 Å². The van der Waals surface area contributed by atoms with E-state index in [9.17, 15) is 30.7 Å². The van der Waals surface area contributed by atoms with Crippen molar-refractivity contribution in [3.8, 4) is 22.3 Å². The van der Waals surface area contributed by atoms with Crippen molar-refractivity contribution >= 4 is 10.8 Å². The predicted octanol–water partition coefficient (Wildman–Crippen LogP) is 7.46. The fourth-order valence-corrected chi connectivity index (χ4v) is 3.42. The molecule has 0 aliphatic rings. The molecule has 0 radical (unpaired) electrons. The van der Waals surface area contributed by atoms with Crippen molar-refractivity contribution in [2.75, 3.05) is 0 Å². The highest BCUT2D eigenvalue weighted by atomic mass is 19.2. The van der Waals surface area contributed by atoms with Crippen LogP contribution in [0.4, 0.5) is 30.7 Å². The standard InChI is InChI=1S/C23H11F7/c1-10-4-16(25)20(17(26)5-10)11-2-3-14(15(24)7-11)12-6-13-9-19(28)22(29)23(30)21(13)18(27)8-12/h2-9H,1H3. The molecule has 4 aromatic rings. The van der Waals surface area contributed by atoms with Crippen molar-refractivity contribution in [1.29, 1.82) is 0 Å². The molecule has 0 saturated heterocycles. The van der Waals surface area contributed by atoms with E-state index in [0.717, 1.165) is 30.3 Å². The van der Waals surface area contributed by atoms with E-state index in [1.165, 1.54) is 19.1 Å². The minimum Gasteiger partial charge on any atom is -0.206 e. The van der Waals surface area contributed by atoms with Gasteiger partial charge in [0.25, 0.3) is 0 Å². The van der Waals surface area contributed by atoms with E-state index in [0.29, 0.717) is 11.6 Å². The number of hydrogen-bond acceptors (Lipinski definition) is 0. The molecule has 0 saturated carbocycles. The second-order valence-electron chi connectivity index (χ2n) is 6.84. The highest BCUT2D eigenvalue weighted by molar-refractivity contribution is 5.89. The lowest BCUT2D eigenvalue weighted by Gasteiger charge is -2.11. The molecule has 0 fully saturated rings. The smallest absolute Gasteiger partial charge is 0.195 e. The van der Waals surface area contributed by atoms with Crippen molar-refractivity contribution in [2.45, 2.75) is 6.92 Å². The first kappa shape index (κ1) is 19.9. The summed E-state index contributed by atoms with van der Waals surface area (Å²) in [5.74, 6) is -8.90. The number of aryl methyl sites for hydroxylation is 1. The summed E-state index contributed by atoms with van der Waals surface area (Å²) in [6.45, 7) is 1.51. The van der Waals surface area contributed by atoms with E-state index >= 15 is 0 Å². The van der Waals surface area contributed by atoms with Crippen molar-refractivity contribution < 1.29 is 30.7 Å². The lowest BCUT2D eigenvalue weighted by atomic mass is 9.96. The third-order valence-electron chi connectivity index (χ3n) is 4.78. The van der Waals surface area contributed by atoms with E-state index < -0.39 is 51.7 Å². The van der Waals surface area contributed by atoms with Gasteiger partial charge < -0.3 is 0 Å². The van der Waals surface area contributed by atoms with Crippen LogP contribution in [0.5, 0.6) is 0 Å². The van der Waals surface area contributed by atoms with Gasteiger partial charge in [0.2, 0.25) is 0 Å². The van der Waals surface area contributed by atoms with Gasteiger partial charge in [-0.3, -0.25) is 0 Å². The van der Waals surface area contributed by atoms with Crippen molar-refractivity contribution in [3.05, 3.63) is 94.8 Å². The molecule has 4 aromatic carbocycles. The van der Waals surface area contributed by atoms with Crippen molar-refractivity contribution in [1.82, 2.24) is 0 Å². The Bertz CT molecular complexity index is 1300. The van der Waals surface area contributed by atoms with Gasteiger partial charge in [0, 0.05) is 5.56 Å². The number of fused-ring (bicyclic) bond motifs is 1. The number of benzene rings is 4. The zero-order chi connectivity index (χ0) is 21.7. The Morgan fingerprint density at radius 2 is 1.17 bits per heavy atom. The normalized spacial score (nSPS) is 11.3. The van der Waals surface area contributed by atoms with Crippen LogP contribution < -0.4 is 0 Å². The molecule has 0 heterocycles. The summed E-state index contributed by atoms with van der Waals surface area (Å²) in [6.07, 6.45) is 0. The summed E-state index contributed by atoms with van der Waals surface area (Å²) < 4.78 is 98.2. The zero-order valence-electron chi connectivity index (χ0n) is 15.3. The van der Waals surface area contributed by atoms with Crippen LogP contribution in [0.2, 0.25) is 0 Å².